The average molecular weight is 608 g/mol. The summed E-state index contributed by atoms with van der Waals surface area (Å²) in [5.74, 6) is 0. The molecular weight excluding hydrogens is 562 g/mol. The first-order chi connectivity index (χ1) is 22.3. The third kappa shape index (κ3) is 9.33. The first-order valence-electron chi connectivity index (χ1n) is 16.3. The Hall–Kier alpha value is -3.36. The van der Waals surface area contributed by atoms with E-state index in [1.165, 1.54) is 0 Å². The largest absolute Gasteiger partial charge is 0.377 e. The summed E-state index contributed by atoms with van der Waals surface area (Å²) in [6, 6.07) is 41.4. The molecule has 0 saturated carbocycles. The molecule has 0 amide bonds. The maximum absolute atomic E-state index is 6.89. The molecule has 2 heterocycles. The van der Waals surface area contributed by atoms with Crippen molar-refractivity contribution in [3.63, 3.8) is 0 Å². The van der Waals surface area contributed by atoms with Gasteiger partial charge < -0.3 is 23.7 Å². The lowest BCUT2D eigenvalue weighted by Crippen LogP contribution is -2.65. The van der Waals surface area contributed by atoms with E-state index in [4.69, 9.17) is 23.7 Å². The van der Waals surface area contributed by atoms with Gasteiger partial charge in [0.05, 0.1) is 51.3 Å². The zero-order valence-electron chi connectivity index (χ0n) is 26.0. The molecular formula is C39H45NO5. The molecule has 0 bridgehead atoms. The molecule has 0 aliphatic carbocycles. The van der Waals surface area contributed by atoms with Crippen LogP contribution >= 0.6 is 0 Å². The fourth-order valence-corrected chi connectivity index (χ4v) is 6.31. The van der Waals surface area contributed by atoms with Crippen molar-refractivity contribution in [1.29, 1.82) is 0 Å². The summed E-state index contributed by atoms with van der Waals surface area (Å²) >= 11 is 0. The molecule has 2 aliphatic rings. The Balaban J connectivity index is 1.28. The van der Waals surface area contributed by atoms with E-state index in [-0.39, 0.29) is 30.5 Å². The second kappa shape index (κ2) is 16.8. The van der Waals surface area contributed by atoms with Gasteiger partial charge in [-0.1, -0.05) is 121 Å². The fourth-order valence-electron chi connectivity index (χ4n) is 6.31. The Morgan fingerprint density at radius 3 is 1.58 bits per heavy atom. The van der Waals surface area contributed by atoms with E-state index < -0.39 is 0 Å². The lowest BCUT2D eigenvalue weighted by molar-refractivity contribution is -0.213. The van der Waals surface area contributed by atoms with Gasteiger partial charge in [0.2, 0.25) is 0 Å². The van der Waals surface area contributed by atoms with Crippen LogP contribution in [0.2, 0.25) is 0 Å². The van der Waals surface area contributed by atoms with E-state index in [0.29, 0.717) is 39.6 Å². The maximum Gasteiger partial charge on any atom is 0.113 e. The molecule has 4 aromatic carbocycles. The first-order valence-corrected chi connectivity index (χ1v) is 16.3. The molecule has 0 N–H and O–H groups in total. The van der Waals surface area contributed by atoms with E-state index in [9.17, 15) is 0 Å². The minimum atomic E-state index is -0.302. The van der Waals surface area contributed by atoms with E-state index in [0.717, 1.165) is 48.2 Å². The molecule has 2 fully saturated rings. The first kappa shape index (κ1) is 31.6. The van der Waals surface area contributed by atoms with Crippen LogP contribution in [0, 0.1) is 0 Å². The van der Waals surface area contributed by atoms with Crippen molar-refractivity contribution in [2.45, 2.75) is 69.7 Å². The van der Waals surface area contributed by atoms with Crippen LogP contribution in [0.15, 0.2) is 121 Å². The molecule has 0 aromatic heterocycles. The lowest BCUT2D eigenvalue weighted by Gasteiger charge is -2.49. The summed E-state index contributed by atoms with van der Waals surface area (Å²) in [6.45, 7) is 4.84. The Bertz CT molecular complexity index is 1370. The monoisotopic (exact) mass is 607 g/mol. The zero-order chi connectivity index (χ0) is 30.5. The third-order valence-electron chi connectivity index (χ3n) is 8.69. The van der Waals surface area contributed by atoms with Gasteiger partial charge in [0.15, 0.2) is 0 Å². The van der Waals surface area contributed by atoms with Gasteiger partial charge in [0.1, 0.15) is 12.2 Å². The van der Waals surface area contributed by atoms with Crippen molar-refractivity contribution in [3.8, 4) is 0 Å². The van der Waals surface area contributed by atoms with Crippen molar-refractivity contribution in [1.82, 2.24) is 4.90 Å². The molecule has 6 rings (SSSR count). The number of rotatable bonds is 15. The van der Waals surface area contributed by atoms with Gasteiger partial charge in [-0.3, -0.25) is 4.90 Å². The highest BCUT2D eigenvalue weighted by Gasteiger charge is 2.46. The van der Waals surface area contributed by atoms with Crippen molar-refractivity contribution in [2.24, 2.45) is 0 Å². The van der Waals surface area contributed by atoms with E-state index in [1.54, 1.807) is 0 Å². The number of piperidine rings is 1. The fraction of sp³-hybridized carbons (Fsp3) is 0.385. The van der Waals surface area contributed by atoms with Gasteiger partial charge in [-0.05, 0) is 35.1 Å². The number of nitrogens with zero attached hydrogens (tertiary/aromatic N) is 1. The van der Waals surface area contributed by atoms with Crippen molar-refractivity contribution in [3.05, 3.63) is 144 Å². The molecule has 2 saturated heterocycles. The SMILES string of the molecule is c1ccc(COC[C@@H]2[C@@H](OCc3ccccc3)[C@H](OCc3ccccc3)[C@@H](OCc3ccccc3)CN2C[C@H]2CCCO2)cc1. The van der Waals surface area contributed by atoms with E-state index >= 15 is 0 Å². The Morgan fingerprint density at radius 2 is 1.07 bits per heavy atom. The van der Waals surface area contributed by atoms with Crippen LogP contribution < -0.4 is 0 Å². The summed E-state index contributed by atoms with van der Waals surface area (Å²) in [4.78, 5) is 2.48. The molecule has 236 valence electrons. The summed E-state index contributed by atoms with van der Waals surface area (Å²) in [7, 11) is 0. The minimum Gasteiger partial charge on any atom is -0.377 e. The molecule has 5 atom stereocenters. The summed E-state index contributed by atoms with van der Waals surface area (Å²) < 4.78 is 33.1. The number of ether oxygens (including phenoxy) is 5. The van der Waals surface area contributed by atoms with Gasteiger partial charge in [0.25, 0.3) is 0 Å². The lowest BCUT2D eigenvalue weighted by atomic mass is 9.92. The smallest absolute Gasteiger partial charge is 0.113 e. The standard InChI is InChI=1S/C39H45NO5/c1-5-14-31(15-6-1)26-41-30-36-38(44-28-33-18-9-3-10-19-33)39(45-29-34-20-11-4-12-21-34)37(43-27-32-16-7-2-8-17-32)25-40(36)24-35-22-13-23-42-35/h1-12,14-21,35-39H,13,22-30H2/t35-,36-,37+,38-,39-/m1/s1. The topological polar surface area (TPSA) is 49.4 Å². The molecule has 4 aromatic rings. The van der Waals surface area contributed by atoms with Crippen LogP contribution in [-0.4, -0.2) is 61.7 Å². The van der Waals surface area contributed by atoms with Crippen molar-refractivity contribution >= 4 is 0 Å². The molecule has 45 heavy (non-hydrogen) atoms. The Kier molecular flexibility index (Phi) is 11.8. The van der Waals surface area contributed by atoms with Crippen LogP contribution in [0.25, 0.3) is 0 Å². The molecule has 0 spiro atoms. The Labute approximate surface area is 267 Å². The quantitative estimate of drug-likeness (QED) is 0.148. The number of hydrogen-bond acceptors (Lipinski definition) is 6. The second-order valence-electron chi connectivity index (χ2n) is 12.0. The van der Waals surface area contributed by atoms with Crippen LogP contribution in [0.5, 0.6) is 0 Å². The molecule has 6 heteroatoms. The predicted octanol–water partition coefficient (Wildman–Crippen LogP) is 6.82. The summed E-state index contributed by atoms with van der Waals surface area (Å²) in [6.07, 6.45) is 1.55. The van der Waals surface area contributed by atoms with Crippen molar-refractivity contribution < 1.29 is 23.7 Å². The van der Waals surface area contributed by atoms with Crippen LogP contribution in [0.4, 0.5) is 0 Å². The number of benzene rings is 4. The summed E-state index contributed by atoms with van der Waals surface area (Å²) in [5, 5.41) is 0. The molecule has 6 nitrogen and oxygen atoms in total. The van der Waals surface area contributed by atoms with Crippen LogP contribution in [0.1, 0.15) is 35.1 Å². The number of hydrogen-bond donors (Lipinski definition) is 0. The average Bonchev–Trinajstić information content (AvgIpc) is 3.61. The third-order valence-corrected chi connectivity index (χ3v) is 8.69. The van der Waals surface area contributed by atoms with E-state index in [2.05, 4.69) is 102 Å². The maximum atomic E-state index is 6.89. The molecule has 0 radical (unpaired) electrons. The van der Waals surface area contributed by atoms with E-state index in [1.807, 2.05) is 24.3 Å². The van der Waals surface area contributed by atoms with Crippen LogP contribution in [-0.2, 0) is 50.1 Å². The molecule has 2 aliphatic heterocycles. The highest BCUT2D eigenvalue weighted by molar-refractivity contribution is 5.16. The highest BCUT2D eigenvalue weighted by atomic mass is 16.6. The number of likely N-dealkylation sites (tertiary alicyclic amines) is 1. The summed E-state index contributed by atoms with van der Waals surface area (Å²) in [5.41, 5.74) is 4.54. The highest BCUT2D eigenvalue weighted by Crippen LogP contribution is 2.30. The van der Waals surface area contributed by atoms with Gasteiger partial charge in [-0.2, -0.15) is 0 Å². The molecule has 0 unspecified atom stereocenters. The zero-order valence-corrected chi connectivity index (χ0v) is 26.0. The normalized spacial score (nSPS) is 23.7. The predicted molar refractivity (Wildman–Crippen MR) is 175 cm³/mol. The van der Waals surface area contributed by atoms with Gasteiger partial charge in [0, 0.05) is 19.7 Å². The Morgan fingerprint density at radius 1 is 0.578 bits per heavy atom. The van der Waals surface area contributed by atoms with Crippen LogP contribution in [0.3, 0.4) is 0 Å². The van der Waals surface area contributed by atoms with Gasteiger partial charge in [-0.25, -0.2) is 0 Å². The van der Waals surface area contributed by atoms with Crippen molar-refractivity contribution in [2.75, 3.05) is 26.3 Å². The minimum absolute atomic E-state index is 0.0426. The van der Waals surface area contributed by atoms with Gasteiger partial charge in [-0.15, -0.1) is 0 Å². The second-order valence-corrected chi connectivity index (χ2v) is 12.0. The van der Waals surface area contributed by atoms with Gasteiger partial charge >= 0.3 is 0 Å².